The molecule has 17 heavy (non-hydrogen) atoms. The minimum absolute atomic E-state index is 0.714. The quantitative estimate of drug-likeness (QED) is 0.873. The average molecular weight is 253 g/mol. The van der Waals surface area contributed by atoms with Crippen LogP contribution in [0.3, 0.4) is 0 Å². The molecule has 1 unspecified atom stereocenters. The van der Waals surface area contributed by atoms with Crippen molar-refractivity contribution in [2.24, 2.45) is 0 Å². The van der Waals surface area contributed by atoms with Gasteiger partial charge >= 0.3 is 0 Å². The molecule has 0 aliphatic carbocycles. The van der Waals surface area contributed by atoms with E-state index in [0.29, 0.717) is 6.04 Å². The highest BCUT2D eigenvalue weighted by molar-refractivity contribution is 7.11. The second-order valence-electron chi connectivity index (χ2n) is 4.82. The summed E-state index contributed by atoms with van der Waals surface area (Å²) in [6, 6.07) is 0.714. The van der Waals surface area contributed by atoms with Crippen LogP contribution in [-0.2, 0) is 6.54 Å². The lowest BCUT2D eigenvalue weighted by Crippen LogP contribution is -2.45. The van der Waals surface area contributed by atoms with Crippen LogP contribution in [0, 0.1) is 6.92 Å². The SMILES string of the molecule is CCCN(Cc1cnc(C)s1)C1CCCNC1. The maximum Gasteiger partial charge on any atom is 0.0897 e. The van der Waals surface area contributed by atoms with Gasteiger partial charge in [-0.05, 0) is 39.3 Å². The summed E-state index contributed by atoms with van der Waals surface area (Å²) in [7, 11) is 0. The van der Waals surface area contributed by atoms with Gasteiger partial charge in [0, 0.05) is 30.2 Å². The number of nitrogens with zero attached hydrogens (tertiary/aromatic N) is 2. The van der Waals surface area contributed by atoms with Crippen LogP contribution >= 0.6 is 11.3 Å². The van der Waals surface area contributed by atoms with Gasteiger partial charge in [0.25, 0.3) is 0 Å². The highest BCUT2D eigenvalue weighted by atomic mass is 32.1. The minimum atomic E-state index is 0.714. The summed E-state index contributed by atoms with van der Waals surface area (Å²) >= 11 is 1.83. The van der Waals surface area contributed by atoms with E-state index in [9.17, 15) is 0 Å². The molecule has 1 atom stereocenters. The van der Waals surface area contributed by atoms with Crippen molar-refractivity contribution in [3.8, 4) is 0 Å². The van der Waals surface area contributed by atoms with E-state index in [2.05, 4.69) is 29.0 Å². The van der Waals surface area contributed by atoms with Gasteiger partial charge in [0.15, 0.2) is 0 Å². The number of nitrogens with one attached hydrogen (secondary N) is 1. The molecule has 1 fully saturated rings. The topological polar surface area (TPSA) is 28.2 Å². The van der Waals surface area contributed by atoms with Gasteiger partial charge in [0.1, 0.15) is 0 Å². The van der Waals surface area contributed by atoms with Crippen molar-refractivity contribution in [2.45, 2.75) is 45.7 Å². The van der Waals surface area contributed by atoms with Gasteiger partial charge in [-0.2, -0.15) is 0 Å². The minimum Gasteiger partial charge on any atom is -0.315 e. The summed E-state index contributed by atoms with van der Waals surface area (Å²) in [6.07, 6.45) is 5.92. The predicted molar refractivity (Wildman–Crippen MR) is 73.4 cm³/mol. The molecule has 1 aromatic rings. The fourth-order valence-corrected chi connectivity index (χ4v) is 3.32. The molecule has 2 heterocycles. The second-order valence-corrected chi connectivity index (χ2v) is 6.14. The zero-order valence-electron chi connectivity index (χ0n) is 10.9. The number of thiazole rings is 1. The normalized spacial score (nSPS) is 21.0. The van der Waals surface area contributed by atoms with Crippen LogP contribution in [0.4, 0.5) is 0 Å². The first-order valence-electron chi connectivity index (χ1n) is 6.65. The standard InChI is InChI=1S/C13H23N3S/c1-3-7-16(12-5-4-6-14-8-12)10-13-9-15-11(2)17-13/h9,12,14H,3-8,10H2,1-2H3. The first-order valence-corrected chi connectivity index (χ1v) is 7.47. The molecular formula is C13H23N3S. The Morgan fingerprint density at radius 1 is 1.59 bits per heavy atom. The molecule has 96 valence electrons. The van der Waals surface area contributed by atoms with Crippen LogP contribution in [0.5, 0.6) is 0 Å². The highest BCUT2D eigenvalue weighted by Crippen LogP contribution is 2.18. The number of rotatable bonds is 5. The lowest BCUT2D eigenvalue weighted by Gasteiger charge is -2.34. The van der Waals surface area contributed by atoms with Crippen LogP contribution in [-0.4, -0.2) is 35.6 Å². The third kappa shape index (κ3) is 3.76. The van der Waals surface area contributed by atoms with Crippen molar-refractivity contribution in [3.63, 3.8) is 0 Å². The molecular weight excluding hydrogens is 230 g/mol. The molecule has 0 saturated carbocycles. The summed E-state index contributed by atoms with van der Waals surface area (Å²) in [4.78, 5) is 8.38. The zero-order valence-corrected chi connectivity index (χ0v) is 11.7. The number of hydrogen-bond acceptors (Lipinski definition) is 4. The molecule has 1 N–H and O–H groups in total. The first-order chi connectivity index (χ1) is 8.29. The van der Waals surface area contributed by atoms with E-state index in [-0.39, 0.29) is 0 Å². The largest absolute Gasteiger partial charge is 0.315 e. The van der Waals surface area contributed by atoms with Crippen LogP contribution < -0.4 is 5.32 Å². The molecule has 1 aliphatic rings. The summed E-state index contributed by atoms with van der Waals surface area (Å²) < 4.78 is 0. The Bertz CT molecular complexity index is 331. The summed E-state index contributed by atoms with van der Waals surface area (Å²) in [6.45, 7) is 8.96. The highest BCUT2D eigenvalue weighted by Gasteiger charge is 2.20. The van der Waals surface area contributed by atoms with Crippen molar-refractivity contribution < 1.29 is 0 Å². The van der Waals surface area contributed by atoms with Crippen molar-refractivity contribution >= 4 is 11.3 Å². The Morgan fingerprint density at radius 2 is 2.47 bits per heavy atom. The molecule has 1 aromatic heterocycles. The number of aryl methyl sites for hydroxylation is 1. The average Bonchev–Trinajstić information content (AvgIpc) is 2.75. The summed E-state index contributed by atoms with van der Waals surface area (Å²) in [5, 5.41) is 4.69. The molecule has 2 rings (SSSR count). The van der Waals surface area contributed by atoms with Crippen LogP contribution in [0.15, 0.2) is 6.20 Å². The molecule has 4 heteroatoms. The fraction of sp³-hybridized carbons (Fsp3) is 0.769. The van der Waals surface area contributed by atoms with E-state index in [1.807, 2.05) is 17.5 Å². The van der Waals surface area contributed by atoms with E-state index in [0.717, 1.165) is 13.1 Å². The lowest BCUT2D eigenvalue weighted by atomic mass is 10.1. The van der Waals surface area contributed by atoms with Gasteiger partial charge in [0.05, 0.1) is 5.01 Å². The molecule has 0 aromatic carbocycles. The second kappa shape index (κ2) is 6.47. The van der Waals surface area contributed by atoms with Crippen molar-refractivity contribution in [1.82, 2.24) is 15.2 Å². The molecule has 0 spiro atoms. The maximum absolute atomic E-state index is 4.35. The maximum atomic E-state index is 4.35. The third-order valence-electron chi connectivity index (χ3n) is 3.33. The smallest absolute Gasteiger partial charge is 0.0897 e. The van der Waals surface area contributed by atoms with Gasteiger partial charge < -0.3 is 5.32 Å². The van der Waals surface area contributed by atoms with E-state index < -0.39 is 0 Å². The van der Waals surface area contributed by atoms with Crippen LogP contribution in [0.1, 0.15) is 36.1 Å². The van der Waals surface area contributed by atoms with Crippen molar-refractivity contribution in [3.05, 3.63) is 16.1 Å². The van der Waals surface area contributed by atoms with Gasteiger partial charge in [-0.25, -0.2) is 4.98 Å². The van der Waals surface area contributed by atoms with E-state index in [1.54, 1.807) is 0 Å². The zero-order chi connectivity index (χ0) is 12.1. The summed E-state index contributed by atoms with van der Waals surface area (Å²) in [5.74, 6) is 0. The molecule has 3 nitrogen and oxygen atoms in total. The first kappa shape index (κ1) is 13.0. The molecule has 1 aliphatic heterocycles. The van der Waals surface area contributed by atoms with E-state index in [4.69, 9.17) is 0 Å². The van der Waals surface area contributed by atoms with Crippen LogP contribution in [0.25, 0.3) is 0 Å². The Morgan fingerprint density at radius 3 is 3.06 bits per heavy atom. The number of aromatic nitrogens is 1. The third-order valence-corrected chi connectivity index (χ3v) is 4.22. The van der Waals surface area contributed by atoms with Gasteiger partial charge in [-0.3, -0.25) is 4.90 Å². The van der Waals surface area contributed by atoms with E-state index >= 15 is 0 Å². The lowest BCUT2D eigenvalue weighted by molar-refractivity contribution is 0.159. The van der Waals surface area contributed by atoms with Crippen molar-refractivity contribution in [2.75, 3.05) is 19.6 Å². The Kier molecular flexibility index (Phi) is 4.95. The Labute approximate surface area is 108 Å². The monoisotopic (exact) mass is 253 g/mol. The van der Waals surface area contributed by atoms with Gasteiger partial charge in [0.2, 0.25) is 0 Å². The van der Waals surface area contributed by atoms with E-state index in [1.165, 1.54) is 42.2 Å². The molecule has 0 bridgehead atoms. The predicted octanol–water partition coefficient (Wildman–Crippen LogP) is 2.42. The summed E-state index contributed by atoms with van der Waals surface area (Å²) in [5.41, 5.74) is 0. The van der Waals surface area contributed by atoms with Gasteiger partial charge in [-0.1, -0.05) is 6.92 Å². The molecule has 0 amide bonds. The number of piperidine rings is 1. The van der Waals surface area contributed by atoms with Crippen LogP contribution in [0.2, 0.25) is 0 Å². The Balaban J connectivity index is 1.95. The number of hydrogen-bond donors (Lipinski definition) is 1. The molecule has 1 saturated heterocycles. The van der Waals surface area contributed by atoms with Crippen molar-refractivity contribution in [1.29, 1.82) is 0 Å². The fourth-order valence-electron chi connectivity index (χ4n) is 2.50. The molecule has 0 radical (unpaired) electrons. The van der Waals surface area contributed by atoms with Gasteiger partial charge in [-0.15, -0.1) is 11.3 Å². The Hall–Kier alpha value is -0.450.